The summed E-state index contributed by atoms with van der Waals surface area (Å²) in [5, 5.41) is 12.2. The molecule has 0 spiro atoms. The van der Waals surface area contributed by atoms with Gasteiger partial charge in [0.2, 0.25) is 0 Å². The number of thiophene rings is 1. The van der Waals surface area contributed by atoms with Crippen LogP contribution in [0, 0.1) is 5.41 Å². The number of nitrogens with zero attached hydrogens (tertiary/aromatic N) is 1. The molecule has 2 heterocycles. The van der Waals surface area contributed by atoms with Gasteiger partial charge < -0.3 is 16.5 Å². The number of nitrogens with one attached hydrogen (secondary N) is 2. The lowest BCUT2D eigenvalue weighted by Gasteiger charge is -2.08. The lowest BCUT2D eigenvalue weighted by molar-refractivity contribution is 0.102. The molecule has 0 saturated carbocycles. The minimum absolute atomic E-state index is 0.0237. The number of nitrogen functional groups attached to an aromatic ring is 1. The molecule has 0 atom stereocenters. The van der Waals surface area contributed by atoms with E-state index >= 15 is 0 Å². The molecule has 0 aromatic carbocycles. The van der Waals surface area contributed by atoms with Gasteiger partial charge in [0, 0.05) is 22.9 Å². The molecule has 0 aliphatic carbocycles. The predicted octanol–water partition coefficient (Wildman–Crippen LogP) is 3.34. The number of aromatic nitrogens is 1. The molecule has 2 aromatic rings. The predicted molar refractivity (Wildman–Crippen MR) is 80.4 cm³/mol. The van der Waals surface area contributed by atoms with E-state index in [1.807, 2.05) is 0 Å². The van der Waals surface area contributed by atoms with Gasteiger partial charge in [0.25, 0.3) is 5.91 Å². The Bertz CT molecular complexity index is 671. The molecule has 20 heavy (non-hydrogen) atoms. The van der Waals surface area contributed by atoms with Crippen LogP contribution in [0.3, 0.4) is 0 Å². The van der Waals surface area contributed by atoms with Gasteiger partial charge >= 0.3 is 0 Å². The van der Waals surface area contributed by atoms with E-state index in [0.717, 1.165) is 0 Å². The highest BCUT2D eigenvalue weighted by atomic mass is 32.2. The second kappa shape index (κ2) is 6.02. The summed E-state index contributed by atoms with van der Waals surface area (Å²) in [6, 6.07) is 1.46. The molecule has 2 rings (SSSR count). The Morgan fingerprint density at radius 3 is 3.00 bits per heavy atom. The zero-order valence-corrected chi connectivity index (χ0v) is 12.1. The third-order valence-electron chi connectivity index (χ3n) is 2.56. The van der Waals surface area contributed by atoms with E-state index in [1.54, 1.807) is 12.3 Å². The lowest BCUT2D eigenvalue weighted by Crippen LogP contribution is -2.16. The van der Waals surface area contributed by atoms with Gasteiger partial charge in [-0.05, 0) is 13.0 Å². The minimum atomic E-state index is -0.478. The van der Waals surface area contributed by atoms with Crippen molar-refractivity contribution in [2.45, 2.75) is 11.8 Å². The molecule has 2 aromatic heterocycles. The fourth-order valence-corrected chi connectivity index (χ4v) is 2.77. The third-order valence-corrected chi connectivity index (χ3v) is 3.90. The van der Waals surface area contributed by atoms with Crippen molar-refractivity contribution in [3.63, 3.8) is 0 Å². The second-order valence-electron chi connectivity index (χ2n) is 3.92. The normalized spacial score (nSPS) is 10.3. The van der Waals surface area contributed by atoms with Crippen LogP contribution in [0.5, 0.6) is 0 Å². The first-order valence-electron chi connectivity index (χ1n) is 5.51. The number of carbonyl (C=O) groups is 1. The molecule has 0 bridgehead atoms. The summed E-state index contributed by atoms with van der Waals surface area (Å²) >= 11 is 1.21. The van der Waals surface area contributed by atoms with Crippen molar-refractivity contribution in [3.8, 4) is 0 Å². The topological polar surface area (TPSA) is 91.9 Å². The monoisotopic (exact) mass is 310 g/mol. The SMILES string of the molecule is CC(=N)c1csc(N)c1C(=O)Nc1cnccc1SF. The van der Waals surface area contributed by atoms with Crippen LogP contribution < -0.4 is 11.1 Å². The lowest BCUT2D eigenvalue weighted by atomic mass is 10.1. The summed E-state index contributed by atoms with van der Waals surface area (Å²) < 4.78 is 12.7. The summed E-state index contributed by atoms with van der Waals surface area (Å²) in [5.41, 5.74) is 7.00. The van der Waals surface area contributed by atoms with Crippen LogP contribution in [0.1, 0.15) is 22.8 Å². The molecule has 1 amide bonds. The number of hydrogen-bond donors (Lipinski definition) is 3. The van der Waals surface area contributed by atoms with Gasteiger partial charge in [-0.1, -0.05) is 0 Å². The average molecular weight is 310 g/mol. The minimum Gasteiger partial charge on any atom is -0.390 e. The van der Waals surface area contributed by atoms with Crippen molar-refractivity contribution < 1.29 is 8.68 Å². The number of hydrogen-bond acceptors (Lipinski definition) is 6. The van der Waals surface area contributed by atoms with Gasteiger partial charge in [0.05, 0.1) is 39.5 Å². The van der Waals surface area contributed by atoms with Crippen LogP contribution in [0.15, 0.2) is 28.7 Å². The van der Waals surface area contributed by atoms with Gasteiger partial charge in [-0.25, -0.2) is 0 Å². The highest BCUT2D eigenvalue weighted by molar-refractivity contribution is 7.94. The Labute approximate surface area is 123 Å². The Hall–Kier alpha value is -1.93. The smallest absolute Gasteiger partial charge is 0.259 e. The van der Waals surface area contributed by atoms with Crippen molar-refractivity contribution in [3.05, 3.63) is 35.0 Å². The molecule has 104 valence electrons. The van der Waals surface area contributed by atoms with E-state index in [-0.39, 0.29) is 34.0 Å². The highest BCUT2D eigenvalue weighted by Gasteiger charge is 2.19. The first kappa shape index (κ1) is 14.5. The number of anilines is 2. The molecule has 0 saturated heterocycles. The summed E-state index contributed by atoms with van der Waals surface area (Å²) in [4.78, 5) is 16.4. The zero-order valence-electron chi connectivity index (χ0n) is 10.4. The molecule has 5 nitrogen and oxygen atoms in total. The molecule has 8 heteroatoms. The Morgan fingerprint density at radius 2 is 2.35 bits per heavy atom. The van der Waals surface area contributed by atoms with Gasteiger partial charge in [-0.3, -0.25) is 9.78 Å². The van der Waals surface area contributed by atoms with E-state index in [2.05, 4.69) is 10.3 Å². The summed E-state index contributed by atoms with van der Waals surface area (Å²) in [7, 11) is 0. The van der Waals surface area contributed by atoms with Crippen molar-refractivity contribution in [1.29, 1.82) is 5.41 Å². The maximum absolute atomic E-state index is 12.7. The molecule has 0 aliphatic heterocycles. The fraction of sp³-hybridized carbons (Fsp3) is 0.0833. The van der Waals surface area contributed by atoms with E-state index < -0.39 is 5.91 Å². The van der Waals surface area contributed by atoms with Crippen LogP contribution in [0.4, 0.5) is 14.6 Å². The van der Waals surface area contributed by atoms with E-state index in [1.165, 1.54) is 29.8 Å². The third kappa shape index (κ3) is 2.81. The molecular weight excluding hydrogens is 299 g/mol. The van der Waals surface area contributed by atoms with Gasteiger partial charge in [0.15, 0.2) is 0 Å². The van der Waals surface area contributed by atoms with E-state index in [0.29, 0.717) is 10.6 Å². The molecule has 0 unspecified atom stereocenters. The Kier molecular flexibility index (Phi) is 4.35. The number of halogens is 1. The van der Waals surface area contributed by atoms with Crippen molar-refractivity contribution in [1.82, 2.24) is 4.98 Å². The first-order valence-corrected chi connectivity index (χ1v) is 7.10. The summed E-state index contributed by atoms with van der Waals surface area (Å²) in [6.07, 6.45) is 2.79. The van der Waals surface area contributed by atoms with E-state index in [9.17, 15) is 8.68 Å². The molecule has 0 aliphatic rings. The van der Waals surface area contributed by atoms with Gasteiger partial charge in [0.1, 0.15) is 0 Å². The highest BCUT2D eigenvalue weighted by Crippen LogP contribution is 2.30. The number of amides is 1. The van der Waals surface area contributed by atoms with Crippen LogP contribution in [-0.2, 0) is 0 Å². The van der Waals surface area contributed by atoms with Crippen molar-refractivity contribution in [2.75, 3.05) is 11.1 Å². The van der Waals surface area contributed by atoms with Crippen LogP contribution in [0.2, 0.25) is 0 Å². The fourth-order valence-electron chi connectivity index (χ4n) is 1.61. The van der Waals surface area contributed by atoms with Crippen LogP contribution in [0.25, 0.3) is 0 Å². The molecule has 0 fully saturated rings. The van der Waals surface area contributed by atoms with Gasteiger partial charge in [-0.15, -0.1) is 11.3 Å². The second-order valence-corrected chi connectivity index (χ2v) is 5.42. The molecule has 0 radical (unpaired) electrons. The number of nitrogens with two attached hydrogens (primary N) is 1. The molecule has 4 N–H and O–H groups in total. The van der Waals surface area contributed by atoms with Gasteiger partial charge in [-0.2, -0.15) is 3.89 Å². The van der Waals surface area contributed by atoms with Crippen LogP contribution >= 0.6 is 23.5 Å². The van der Waals surface area contributed by atoms with Crippen LogP contribution in [-0.4, -0.2) is 16.6 Å². The quantitative estimate of drug-likeness (QED) is 0.755. The Morgan fingerprint density at radius 1 is 1.60 bits per heavy atom. The summed E-state index contributed by atoms with van der Waals surface area (Å²) in [5.74, 6) is -0.478. The standard InChI is InChI=1S/C12H11FN4OS2/c1-6(14)7-5-19-11(15)10(7)12(18)17-8-4-16-3-2-9(8)20-13/h2-5,14H,15H2,1H3,(H,17,18). The number of rotatable bonds is 4. The zero-order chi connectivity index (χ0) is 14.7. The Balaban J connectivity index is 2.33. The maximum Gasteiger partial charge on any atom is 0.259 e. The molecular formula is C12H11FN4OS2. The first-order chi connectivity index (χ1) is 9.54. The average Bonchev–Trinajstić information content (AvgIpc) is 2.81. The summed E-state index contributed by atoms with van der Waals surface area (Å²) in [6.45, 7) is 1.57. The largest absolute Gasteiger partial charge is 0.390 e. The number of carbonyl (C=O) groups excluding carboxylic acids is 1. The number of pyridine rings is 1. The van der Waals surface area contributed by atoms with Crippen molar-refractivity contribution in [2.24, 2.45) is 0 Å². The maximum atomic E-state index is 12.7. The van der Waals surface area contributed by atoms with Crippen molar-refractivity contribution >= 4 is 45.8 Å². The van der Waals surface area contributed by atoms with E-state index in [4.69, 9.17) is 11.1 Å².